The Morgan fingerprint density at radius 2 is 1.29 bits per heavy atom. The summed E-state index contributed by atoms with van der Waals surface area (Å²) in [5.41, 5.74) is 0. The number of allylic oxidation sites excluding steroid dienone is 2. The molecule has 0 N–H and O–H groups in total. The summed E-state index contributed by atoms with van der Waals surface area (Å²) in [6.07, 6.45) is 6.80. The first-order valence-electron chi connectivity index (χ1n) is 4.21. The van der Waals surface area contributed by atoms with Gasteiger partial charge in [0.25, 0.3) is 0 Å². The molecule has 0 amide bonds. The van der Waals surface area contributed by atoms with E-state index in [0.29, 0.717) is 0 Å². The summed E-state index contributed by atoms with van der Waals surface area (Å²) in [5, 5.41) is 0. The van der Waals surface area contributed by atoms with E-state index < -0.39 is 0 Å². The third kappa shape index (κ3) is 10.4. The molecule has 14 heavy (non-hydrogen) atoms. The van der Waals surface area contributed by atoms with Crippen LogP contribution in [-0.4, -0.2) is 25.2 Å². The van der Waals surface area contributed by atoms with Gasteiger partial charge in [0, 0.05) is 13.8 Å². The van der Waals surface area contributed by atoms with Crippen molar-refractivity contribution in [3.05, 3.63) is 24.3 Å². The van der Waals surface area contributed by atoms with E-state index in [0.717, 1.165) is 0 Å². The second-order valence-electron chi connectivity index (χ2n) is 2.46. The molecule has 0 aliphatic rings. The van der Waals surface area contributed by atoms with Gasteiger partial charge >= 0.3 is 11.9 Å². The molecule has 0 aromatic heterocycles. The third-order valence-electron chi connectivity index (χ3n) is 1.15. The van der Waals surface area contributed by atoms with Gasteiger partial charge in [-0.15, -0.1) is 0 Å². The number of carbonyl (C=O) groups is 2. The molecule has 0 aromatic carbocycles. The van der Waals surface area contributed by atoms with Gasteiger partial charge in [-0.05, 0) is 12.2 Å². The molecule has 0 aromatic rings. The first-order valence-corrected chi connectivity index (χ1v) is 4.21. The van der Waals surface area contributed by atoms with E-state index in [1.54, 1.807) is 24.3 Å². The fourth-order valence-corrected chi connectivity index (χ4v) is 0.599. The van der Waals surface area contributed by atoms with Crippen LogP contribution in [0.3, 0.4) is 0 Å². The van der Waals surface area contributed by atoms with Crippen molar-refractivity contribution in [1.82, 2.24) is 0 Å². The highest BCUT2D eigenvalue weighted by molar-refractivity contribution is 5.66. The maximum atomic E-state index is 10.3. The molecule has 0 radical (unpaired) electrons. The number of hydrogen-bond acceptors (Lipinski definition) is 4. The molecule has 0 spiro atoms. The Morgan fingerprint density at radius 3 is 1.57 bits per heavy atom. The molecule has 4 heteroatoms. The topological polar surface area (TPSA) is 52.6 Å². The number of hydrogen-bond donors (Lipinski definition) is 0. The van der Waals surface area contributed by atoms with Crippen LogP contribution in [0.2, 0.25) is 0 Å². The quantitative estimate of drug-likeness (QED) is 0.492. The molecule has 0 unspecified atom stereocenters. The molecule has 0 atom stereocenters. The first kappa shape index (κ1) is 12.4. The molecule has 0 aliphatic carbocycles. The fourth-order valence-electron chi connectivity index (χ4n) is 0.599. The molecule has 0 rings (SSSR count). The Bertz CT molecular complexity index is 215. The van der Waals surface area contributed by atoms with Crippen LogP contribution in [0.1, 0.15) is 13.8 Å². The summed E-state index contributed by atoms with van der Waals surface area (Å²) in [6, 6.07) is 0. The Kier molecular flexibility index (Phi) is 7.13. The zero-order valence-corrected chi connectivity index (χ0v) is 8.36. The highest BCUT2D eigenvalue weighted by atomic mass is 16.5. The summed E-state index contributed by atoms with van der Waals surface area (Å²) in [7, 11) is 0. The molecular formula is C10H14O4. The number of ether oxygens (including phenoxy) is 2. The van der Waals surface area contributed by atoms with Crippen LogP contribution in [0.25, 0.3) is 0 Å². The lowest BCUT2D eigenvalue weighted by Gasteiger charge is -1.94. The zero-order valence-electron chi connectivity index (χ0n) is 8.36. The molecule has 0 saturated carbocycles. The number of carbonyl (C=O) groups excluding carboxylic acids is 2. The highest BCUT2D eigenvalue weighted by Crippen LogP contribution is 1.83. The molecule has 0 bridgehead atoms. The number of esters is 2. The van der Waals surface area contributed by atoms with Gasteiger partial charge < -0.3 is 9.47 Å². The van der Waals surface area contributed by atoms with E-state index in [-0.39, 0.29) is 25.2 Å². The molecular weight excluding hydrogens is 184 g/mol. The predicted octanol–water partition coefficient (Wildman–Crippen LogP) is 1.22. The monoisotopic (exact) mass is 198 g/mol. The van der Waals surface area contributed by atoms with Crippen LogP contribution in [0.5, 0.6) is 0 Å². The van der Waals surface area contributed by atoms with Gasteiger partial charge in [0.2, 0.25) is 0 Å². The van der Waals surface area contributed by atoms with E-state index >= 15 is 0 Å². The van der Waals surface area contributed by atoms with E-state index in [1.807, 2.05) is 0 Å². The molecule has 0 aliphatic heterocycles. The minimum Gasteiger partial charge on any atom is -0.462 e. The van der Waals surface area contributed by atoms with Crippen molar-refractivity contribution >= 4 is 11.9 Å². The van der Waals surface area contributed by atoms with Crippen LogP contribution >= 0.6 is 0 Å². The SMILES string of the molecule is CC(=O)OC/C=C/C=C/COC(C)=O. The van der Waals surface area contributed by atoms with Crippen molar-refractivity contribution in [1.29, 1.82) is 0 Å². The van der Waals surface area contributed by atoms with Crippen LogP contribution in [0, 0.1) is 0 Å². The third-order valence-corrected chi connectivity index (χ3v) is 1.15. The van der Waals surface area contributed by atoms with Crippen LogP contribution in [0.4, 0.5) is 0 Å². The number of rotatable bonds is 5. The molecule has 0 heterocycles. The van der Waals surface area contributed by atoms with Crippen LogP contribution in [-0.2, 0) is 19.1 Å². The molecule has 0 fully saturated rings. The van der Waals surface area contributed by atoms with Gasteiger partial charge in [-0.1, -0.05) is 12.2 Å². The summed E-state index contributed by atoms with van der Waals surface area (Å²) >= 11 is 0. The Labute approximate surface area is 83.2 Å². The Balaban J connectivity index is 3.41. The minimum absolute atomic E-state index is 0.257. The summed E-state index contributed by atoms with van der Waals surface area (Å²) in [4.78, 5) is 20.6. The molecule has 0 saturated heterocycles. The average Bonchev–Trinajstić information content (AvgIpc) is 2.08. The summed E-state index contributed by atoms with van der Waals surface area (Å²) < 4.78 is 9.28. The fraction of sp³-hybridized carbons (Fsp3) is 0.400. The predicted molar refractivity (Wildman–Crippen MR) is 51.5 cm³/mol. The van der Waals surface area contributed by atoms with Crippen LogP contribution < -0.4 is 0 Å². The van der Waals surface area contributed by atoms with Crippen molar-refractivity contribution < 1.29 is 19.1 Å². The van der Waals surface area contributed by atoms with Gasteiger partial charge in [0.1, 0.15) is 13.2 Å². The van der Waals surface area contributed by atoms with E-state index in [4.69, 9.17) is 0 Å². The smallest absolute Gasteiger partial charge is 0.302 e. The largest absolute Gasteiger partial charge is 0.462 e. The van der Waals surface area contributed by atoms with E-state index in [2.05, 4.69) is 9.47 Å². The lowest BCUT2D eigenvalue weighted by Crippen LogP contribution is -1.97. The standard InChI is InChI=1S/C10H14O4/c1-9(11)13-7-5-3-4-6-8-14-10(2)12/h3-6H,7-8H2,1-2H3/b5-3+,6-4+. The van der Waals surface area contributed by atoms with Crippen molar-refractivity contribution in [2.75, 3.05) is 13.2 Å². The van der Waals surface area contributed by atoms with Crippen molar-refractivity contribution in [2.24, 2.45) is 0 Å². The van der Waals surface area contributed by atoms with Gasteiger partial charge in [-0.2, -0.15) is 0 Å². The first-order chi connectivity index (χ1) is 6.63. The van der Waals surface area contributed by atoms with Gasteiger partial charge in [-0.25, -0.2) is 0 Å². The van der Waals surface area contributed by atoms with Gasteiger partial charge in [-0.3, -0.25) is 9.59 Å². The second kappa shape index (κ2) is 8.04. The van der Waals surface area contributed by atoms with E-state index in [1.165, 1.54) is 13.8 Å². The van der Waals surface area contributed by atoms with Gasteiger partial charge in [0.15, 0.2) is 0 Å². The minimum atomic E-state index is -0.307. The van der Waals surface area contributed by atoms with Crippen LogP contribution in [0.15, 0.2) is 24.3 Å². The van der Waals surface area contributed by atoms with Gasteiger partial charge in [0.05, 0.1) is 0 Å². The molecule has 4 nitrogen and oxygen atoms in total. The maximum Gasteiger partial charge on any atom is 0.302 e. The van der Waals surface area contributed by atoms with Crippen molar-refractivity contribution in [3.8, 4) is 0 Å². The Morgan fingerprint density at radius 1 is 0.929 bits per heavy atom. The Hall–Kier alpha value is -1.58. The summed E-state index contributed by atoms with van der Waals surface area (Å²) in [5.74, 6) is -0.614. The normalized spacial score (nSPS) is 10.7. The molecule has 78 valence electrons. The van der Waals surface area contributed by atoms with Crippen molar-refractivity contribution in [2.45, 2.75) is 13.8 Å². The average molecular weight is 198 g/mol. The highest BCUT2D eigenvalue weighted by Gasteiger charge is 1.86. The maximum absolute atomic E-state index is 10.3. The van der Waals surface area contributed by atoms with Crippen molar-refractivity contribution in [3.63, 3.8) is 0 Å². The zero-order chi connectivity index (χ0) is 10.8. The lowest BCUT2D eigenvalue weighted by molar-refractivity contribution is -0.140. The second-order valence-corrected chi connectivity index (χ2v) is 2.46. The summed E-state index contributed by atoms with van der Waals surface area (Å²) in [6.45, 7) is 3.22. The lowest BCUT2D eigenvalue weighted by atomic mass is 10.4. The van der Waals surface area contributed by atoms with E-state index in [9.17, 15) is 9.59 Å².